The molecule has 0 saturated heterocycles. The minimum Gasteiger partial charge on any atom is -0.456 e. The molecule has 0 unspecified atom stereocenters. The van der Waals surface area contributed by atoms with Gasteiger partial charge in [0.05, 0.1) is 11.0 Å². The number of para-hydroxylation sites is 1. The Morgan fingerprint density at radius 1 is 0.763 bits per heavy atom. The highest BCUT2D eigenvalue weighted by atomic mass is 16.3. The van der Waals surface area contributed by atoms with Crippen molar-refractivity contribution in [3.8, 4) is 27.9 Å². The molecule has 10 rings (SSSR count). The Morgan fingerprint density at radius 2 is 1.61 bits per heavy atom. The smallest absolute Gasteiger partial charge is 0.249 e. The van der Waals surface area contributed by atoms with Crippen molar-refractivity contribution in [3.05, 3.63) is 102 Å². The molecule has 0 amide bonds. The molecule has 2 aromatic heterocycles. The number of hydrogen-bond acceptors (Lipinski definition) is 2. The van der Waals surface area contributed by atoms with Crippen molar-refractivity contribution in [2.45, 2.75) is 19.3 Å². The summed E-state index contributed by atoms with van der Waals surface area (Å²) >= 11 is 0. The molecule has 176 valence electrons. The number of benzene rings is 5. The third kappa shape index (κ3) is 1.97. The lowest BCUT2D eigenvalue weighted by atomic mass is 9.36. The summed E-state index contributed by atoms with van der Waals surface area (Å²) in [4.78, 5) is 4.97. The molecule has 38 heavy (non-hydrogen) atoms. The summed E-state index contributed by atoms with van der Waals surface area (Å²) in [6.45, 7) is 4.87. The normalized spacial score (nSPS) is 15.3. The number of imidazole rings is 1. The van der Waals surface area contributed by atoms with Crippen molar-refractivity contribution in [2.75, 3.05) is 0 Å². The number of fused-ring (bicyclic) bond motifs is 13. The Labute approximate surface area is 219 Å². The minimum absolute atomic E-state index is 0.0770. The van der Waals surface area contributed by atoms with Crippen LogP contribution in [0.1, 0.15) is 25.0 Å². The number of hydrogen-bond donors (Lipinski definition) is 0. The molecule has 4 heterocycles. The molecule has 7 aromatic rings. The van der Waals surface area contributed by atoms with Gasteiger partial charge in [-0.1, -0.05) is 80.0 Å². The van der Waals surface area contributed by atoms with Gasteiger partial charge in [0.2, 0.25) is 6.71 Å². The summed E-state index contributed by atoms with van der Waals surface area (Å²) < 4.78 is 8.68. The van der Waals surface area contributed by atoms with Crippen LogP contribution in [0.2, 0.25) is 0 Å². The highest BCUT2D eigenvalue weighted by Crippen LogP contribution is 2.50. The van der Waals surface area contributed by atoms with Crippen LogP contribution >= 0.6 is 0 Å². The van der Waals surface area contributed by atoms with Crippen molar-refractivity contribution in [1.82, 2.24) is 9.55 Å². The van der Waals surface area contributed by atoms with E-state index in [0.29, 0.717) is 0 Å². The standard InChI is InChI=1S/C34H21BN2O/c1-34(2)21-11-5-3-8-18(21)28-22(34)16-24-33-32(28)35-23-14-15-27-30(19-9-4-6-13-26(19)38-27)29(23)20-10-7-12-25(31(20)35)37(33)17-36-24/h3-17H,1-2H3. The van der Waals surface area contributed by atoms with Crippen LogP contribution in [0.4, 0.5) is 0 Å². The third-order valence-corrected chi connectivity index (χ3v) is 9.49. The second-order valence-electron chi connectivity index (χ2n) is 11.5. The maximum atomic E-state index is 6.34. The molecule has 0 saturated carbocycles. The lowest BCUT2D eigenvalue weighted by Gasteiger charge is -2.27. The first-order valence-electron chi connectivity index (χ1n) is 13.3. The Morgan fingerprint density at radius 3 is 2.55 bits per heavy atom. The quantitative estimate of drug-likeness (QED) is 0.246. The molecule has 5 aromatic carbocycles. The number of rotatable bonds is 0. The summed E-state index contributed by atoms with van der Waals surface area (Å²) in [6, 6.07) is 31.0. The van der Waals surface area contributed by atoms with Gasteiger partial charge in [0.25, 0.3) is 0 Å². The largest absolute Gasteiger partial charge is 0.456 e. The molecule has 0 atom stereocenters. The zero-order chi connectivity index (χ0) is 24.9. The first kappa shape index (κ1) is 19.5. The van der Waals surface area contributed by atoms with Gasteiger partial charge < -0.3 is 4.42 Å². The van der Waals surface area contributed by atoms with E-state index < -0.39 is 0 Å². The minimum atomic E-state index is -0.0770. The van der Waals surface area contributed by atoms with Crippen LogP contribution in [0.5, 0.6) is 0 Å². The van der Waals surface area contributed by atoms with Gasteiger partial charge in [-0.05, 0) is 68.6 Å². The van der Waals surface area contributed by atoms with E-state index >= 15 is 0 Å². The van der Waals surface area contributed by atoms with Crippen molar-refractivity contribution in [2.24, 2.45) is 0 Å². The summed E-state index contributed by atoms with van der Waals surface area (Å²) in [6.07, 6.45) is 2.03. The zero-order valence-electron chi connectivity index (χ0n) is 21.0. The summed E-state index contributed by atoms with van der Waals surface area (Å²) in [7, 11) is 0. The van der Waals surface area contributed by atoms with Gasteiger partial charge >= 0.3 is 0 Å². The van der Waals surface area contributed by atoms with E-state index in [9.17, 15) is 0 Å². The van der Waals surface area contributed by atoms with Crippen LogP contribution in [0.15, 0.2) is 95.7 Å². The van der Waals surface area contributed by atoms with E-state index in [1.165, 1.54) is 71.7 Å². The Bertz CT molecular complexity index is 2230. The lowest BCUT2D eigenvalue weighted by Crippen LogP contribution is -2.54. The monoisotopic (exact) mass is 484 g/mol. The number of furan rings is 1. The van der Waals surface area contributed by atoms with Crippen LogP contribution in [0.25, 0.3) is 60.9 Å². The van der Waals surface area contributed by atoms with Crippen LogP contribution < -0.4 is 16.4 Å². The molecule has 0 N–H and O–H groups in total. The van der Waals surface area contributed by atoms with Crippen molar-refractivity contribution in [3.63, 3.8) is 0 Å². The Balaban J connectivity index is 1.43. The van der Waals surface area contributed by atoms with Gasteiger partial charge in [-0.25, -0.2) is 4.98 Å². The second kappa shape index (κ2) is 6.11. The second-order valence-corrected chi connectivity index (χ2v) is 11.5. The Kier molecular flexibility index (Phi) is 3.14. The van der Waals surface area contributed by atoms with E-state index in [4.69, 9.17) is 9.40 Å². The average molecular weight is 484 g/mol. The van der Waals surface area contributed by atoms with Gasteiger partial charge in [0, 0.05) is 21.9 Å². The van der Waals surface area contributed by atoms with E-state index in [2.05, 4.69) is 103 Å². The van der Waals surface area contributed by atoms with Crippen molar-refractivity contribution < 1.29 is 4.42 Å². The van der Waals surface area contributed by atoms with E-state index in [1.807, 2.05) is 6.33 Å². The molecule has 2 aliphatic heterocycles. The molecular weight excluding hydrogens is 463 g/mol. The van der Waals surface area contributed by atoms with Crippen molar-refractivity contribution >= 4 is 56.1 Å². The molecular formula is C34H21BN2O. The van der Waals surface area contributed by atoms with E-state index in [0.717, 1.165) is 16.7 Å². The fourth-order valence-corrected chi connectivity index (χ4v) is 7.95. The first-order valence-corrected chi connectivity index (χ1v) is 13.3. The number of nitrogens with zero attached hydrogens (tertiary/aromatic N) is 2. The zero-order valence-corrected chi connectivity index (χ0v) is 21.0. The Hall–Kier alpha value is -4.57. The third-order valence-electron chi connectivity index (χ3n) is 9.49. The average Bonchev–Trinajstić information content (AvgIpc) is 3.67. The lowest BCUT2D eigenvalue weighted by molar-refractivity contribution is 0.661. The van der Waals surface area contributed by atoms with E-state index in [1.54, 1.807) is 0 Å². The fourth-order valence-electron chi connectivity index (χ4n) is 7.95. The van der Waals surface area contributed by atoms with Crippen LogP contribution in [-0.4, -0.2) is 16.3 Å². The van der Waals surface area contributed by atoms with Gasteiger partial charge in [-0.2, -0.15) is 0 Å². The summed E-state index contributed by atoms with van der Waals surface area (Å²) in [5.41, 5.74) is 17.7. The molecule has 0 fully saturated rings. The maximum Gasteiger partial charge on any atom is 0.249 e. The molecule has 3 nitrogen and oxygen atoms in total. The first-order chi connectivity index (χ1) is 18.6. The molecule has 0 spiro atoms. The molecule has 4 heteroatoms. The van der Waals surface area contributed by atoms with E-state index in [-0.39, 0.29) is 12.1 Å². The summed E-state index contributed by atoms with van der Waals surface area (Å²) in [5, 5.41) is 2.42. The van der Waals surface area contributed by atoms with Crippen LogP contribution in [0.3, 0.4) is 0 Å². The molecule has 1 aliphatic carbocycles. The van der Waals surface area contributed by atoms with Gasteiger partial charge in [0.15, 0.2) is 0 Å². The van der Waals surface area contributed by atoms with Gasteiger partial charge in [-0.15, -0.1) is 0 Å². The van der Waals surface area contributed by atoms with Crippen molar-refractivity contribution in [1.29, 1.82) is 0 Å². The highest BCUT2D eigenvalue weighted by Gasteiger charge is 2.47. The number of aromatic nitrogens is 2. The SMILES string of the molecule is CC1(C)c2ccccc2-c2c1cc1ncn3c1c2B1c2ccc4oc5ccccc5c4c2-c2cccc-3c21. The predicted molar refractivity (Wildman–Crippen MR) is 156 cm³/mol. The maximum absolute atomic E-state index is 6.34. The molecule has 0 bridgehead atoms. The topological polar surface area (TPSA) is 31.0 Å². The van der Waals surface area contributed by atoms with Crippen LogP contribution in [-0.2, 0) is 5.41 Å². The summed E-state index contributed by atoms with van der Waals surface area (Å²) in [5.74, 6) is 0. The van der Waals surface area contributed by atoms with Gasteiger partial charge in [-0.3, -0.25) is 4.57 Å². The van der Waals surface area contributed by atoms with Crippen LogP contribution in [0, 0.1) is 0 Å². The predicted octanol–water partition coefficient (Wildman–Crippen LogP) is 6.04. The molecule has 3 aliphatic rings. The molecule has 0 radical (unpaired) electrons. The van der Waals surface area contributed by atoms with Gasteiger partial charge in [0.1, 0.15) is 17.5 Å². The highest BCUT2D eigenvalue weighted by molar-refractivity contribution is 7.02. The fraction of sp³-hybridized carbons (Fsp3) is 0.0882.